The van der Waals surface area contributed by atoms with E-state index >= 15 is 0 Å². The molecule has 0 bridgehead atoms. The highest BCUT2D eigenvalue weighted by Gasteiger charge is 2.56. The maximum absolute atomic E-state index is 13.0. The number of imide groups is 1. The second-order valence-corrected chi connectivity index (χ2v) is 10.5. The predicted octanol–water partition coefficient (Wildman–Crippen LogP) is 4.18. The molecule has 164 valence electrons. The number of aryl methyl sites for hydroxylation is 1. The summed E-state index contributed by atoms with van der Waals surface area (Å²) in [5, 5.41) is 3.56. The maximum atomic E-state index is 13.0. The molecule has 0 unspecified atom stereocenters. The summed E-state index contributed by atoms with van der Waals surface area (Å²) < 4.78 is 5.55. The first kappa shape index (κ1) is 21.9. The van der Waals surface area contributed by atoms with Crippen molar-refractivity contribution in [2.24, 2.45) is 0 Å². The molecule has 2 aromatic rings. The number of nitrogens with one attached hydrogen (secondary N) is 1. The highest BCUT2D eigenvalue weighted by molar-refractivity contribution is 7.16. The van der Waals surface area contributed by atoms with Gasteiger partial charge < -0.3 is 4.74 Å². The van der Waals surface area contributed by atoms with Crippen LogP contribution >= 0.6 is 22.9 Å². The number of anilines is 1. The summed E-state index contributed by atoms with van der Waals surface area (Å²) >= 11 is 7.57. The van der Waals surface area contributed by atoms with Gasteiger partial charge in [-0.25, -0.2) is 4.98 Å². The molecule has 7 nitrogen and oxygen atoms in total. The Morgan fingerprint density at radius 1 is 1.26 bits per heavy atom. The fraction of sp³-hybridized carbons (Fsp3) is 0.455. The molecule has 0 radical (unpaired) electrons. The number of hydrogen-bond acceptors (Lipinski definition) is 6. The van der Waals surface area contributed by atoms with Gasteiger partial charge in [0.2, 0.25) is 0 Å². The van der Waals surface area contributed by atoms with Crippen LogP contribution < -0.4 is 5.32 Å². The number of nitrogens with zero attached hydrogens (tertiary/aromatic N) is 2. The number of halogens is 1. The molecule has 9 heteroatoms. The monoisotopic (exact) mass is 461 g/mol. The molecule has 1 fully saturated rings. The Labute approximate surface area is 189 Å². The van der Waals surface area contributed by atoms with E-state index in [0.29, 0.717) is 21.4 Å². The molecule has 2 heterocycles. The zero-order chi connectivity index (χ0) is 22.7. The van der Waals surface area contributed by atoms with Crippen LogP contribution in [0.15, 0.2) is 18.2 Å². The van der Waals surface area contributed by atoms with Crippen molar-refractivity contribution in [1.82, 2.24) is 9.88 Å². The van der Waals surface area contributed by atoms with Crippen LogP contribution in [0.2, 0.25) is 5.15 Å². The highest BCUT2D eigenvalue weighted by atomic mass is 35.5. The summed E-state index contributed by atoms with van der Waals surface area (Å²) in [5.41, 5.74) is 0.411. The van der Waals surface area contributed by atoms with Crippen molar-refractivity contribution in [2.75, 3.05) is 12.4 Å². The van der Waals surface area contributed by atoms with E-state index < -0.39 is 11.6 Å². The van der Waals surface area contributed by atoms with Crippen molar-refractivity contribution < 1.29 is 19.1 Å². The number of amides is 3. The molecule has 0 spiro atoms. The van der Waals surface area contributed by atoms with Crippen LogP contribution in [0.4, 0.5) is 5.13 Å². The van der Waals surface area contributed by atoms with Crippen LogP contribution in [0.3, 0.4) is 0 Å². The number of hydrogen-bond donors (Lipinski definition) is 1. The summed E-state index contributed by atoms with van der Waals surface area (Å²) in [6, 6.07) is 4.82. The lowest BCUT2D eigenvalue weighted by Crippen LogP contribution is -2.62. The molecule has 31 heavy (non-hydrogen) atoms. The van der Waals surface area contributed by atoms with Crippen molar-refractivity contribution in [1.29, 1.82) is 0 Å². The molecule has 0 atom stereocenters. The largest absolute Gasteiger partial charge is 0.368 e. The number of ether oxygens (including phenoxy) is 1. The quantitative estimate of drug-likeness (QED) is 0.690. The lowest BCUT2D eigenvalue weighted by Gasteiger charge is -2.47. The maximum Gasteiger partial charge on any atom is 0.261 e. The van der Waals surface area contributed by atoms with Crippen molar-refractivity contribution in [3.63, 3.8) is 0 Å². The van der Waals surface area contributed by atoms with Crippen LogP contribution in [0.1, 0.15) is 64.8 Å². The third-order valence-electron chi connectivity index (χ3n) is 5.86. The molecule has 1 aromatic carbocycles. The Hall–Kier alpha value is -2.29. The number of aromatic nitrogens is 1. The Morgan fingerprint density at radius 3 is 2.48 bits per heavy atom. The molecule has 1 N–H and O–H groups in total. The van der Waals surface area contributed by atoms with Gasteiger partial charge in [-0.2, -0.15) is 0 Å². The van der Waals surface area contributed by atoms with Crippen molar-refractivity contribution in [2.45, 2.75) is 57.6 Å². The minimum Gasteiger partial charge on any atom is -0.368 e. The van der Waals surface area contributed by atoms with Gasteiger partial charge in [0.1, 0.15) is 5.15 Å². The summed E-state index contributed by atoms with van der Waals surface area (Å²) in [4.78, 5) is 45.0. The minimum absolute atomic E-state index is 0.192. The number of carbonyl (C=O) groups is 3. The average molecular weight is 462 g/mol. The Kier molecular flexibility index (Phi) is 5.23. The standard InChI is InChI=1S/C22H24ClN3O4S/c1-11-6-7-13-14(8-11)18(28)26(17(13)27)12-9-22(10-12,30-5)19(29)25-20-24-16(23)15(31-20)21(2,3)4/h6-8,12H,9-10H2,1-5H3,(H,24,25,29). The number of carbonyl (C=O) groups excluding carboxylic acids is 3. The zero-order valence-electron chi connectivity index (χ0n) is 18.0. The Balaban J connectivity index is 1.49. The van der Waals surface area contributed by atoms with E-state index in [2.05, 4.69) is 10.3 Å². The summed E-state index contributed by atoms with van der Waals surface area (Å²) in [6.07, 6.45) is 0.454. The summed E-state index contributed by atoms with van der Waals surface area (Å²) in [6.45, 7) is 7.94. The molecular weight excluding hydrogens is 438 g/mol. The van der Waals surface area contributed by atoms with Crippen molar-refractivity contribution in [3.8, 4) is 0 Å². The number of fused-ring (bicyclic) bond motifs is 1. The molecule has 2 aliphatic rings. The number of thiazole rings is 1. The molecule has 1 aromatic heterocycles. The van der Waals surface area contributed by atoms with E-state index in [1.54, 1.807) is 12.1 Å². The van der Waals surface area contributed by atoms with Gasteiger partial charge in [-0.15, -0.1) is 0 Å². The topological polar surface area (TPSA) is 88.6 Å². The fourth-order valence-corrected chi connectivity index (χ4v) is 5.51. The van der Waals surface area contributed by atoms with E-state index in [9.17, 15) is 14.4 Å². The van der Waals surface area contributed by atoms with E-state index in [0.717, 1.165) is 10.4 Å². The Bertz CT molecular complexity index is 1100. The SMILES string of the molecule is COC1(C(=O)Nc2nc(Cl)c(C(C)(C)C)s2)CC(N2C(=O)c3ccc(C)cc3C2=O)C1. The summed E-state index contributed by atoms with van der Waals surface area (Å²) in [5.74, 6) is -0.999. The van der Waals surface area contributed by atoms with Gasteiger partial charge in [0.15, 0.2) is 10.7 Å². The molecule has 4 rings (SSSR count). The van der Waals surface area contributed by atoms with Crippen molar-refractivity contribution >= 4 is 45.8 Å². The zero-order valence-corrected chi connectivity index (χ0v) is 19.6. The predicted molar refractivity (Wildman–Crippen MR) is 119 cm³/mol. The van der Waals surface area contributed by atoms with Crippen LogP contribution in [0.25, 0.3) is 0 Å². The lowest BCUT2D eigenvalue weighted by molar-refractivity contribution is -0.155. The normalized spacial score (nSPS) is 23.0. The fourth-order valence-electron chi connectivity index (χ4n) is 4.06. The van der Waals surface area contributed by atoms with Crippen LogP contribution in [0.5, 0.6) is 0 Å². The van der Waals surface area contributed by atoms with Crippen LogP contribution in [-0.2, 0) is 14.9 Å². The molecule has 3 amide bonds. The third kappa shape index (κ3) is 3.56. The van der Waals surface area contributed by atoms with Crippen molar-refractivity contribution in [3.05, 3.63) is 44.9 Å². The van der Waals surface area contributed by atoms with E-state index in [1.807, 2.05) is 33.8 Å². The van der Waals surface area contributed by atoms with Crippen LogP contribution in [-0.4, -0.2) is 46.4 Å². The van der Waals surface area contributed by atoms with Gasteiger partial charge in [-0.05, 0) is 24.5 Å². The van der Waals surface area contributed by atoms with Crippen LogP contribution in [0, 0.1) is 6.92 Å². The van der Waals surface area contributed by atoms with Gasteiger partial charge in [0, 0.05) is 26.0 Å². The number of rotatable bonds is 4. The Morgan fingerprint density at radius 2 is 1.90 bits per heavy atom. The second-order valence-electron chi connectivity index (χ2n) is 9.13. The minimum atomic E-state index is -1.13. The molecule has 1 saturated carbocycles. The third-order valence-corrected chi connectivity index (χ3v) is 7.64. The number of methoxy groups -OCH3 is 1. The molecule has 1 aliphatic carbocycles. The van der Waals surface area contributed by atoms with Gasteiger partial charge >= 0.3 is 0 Å². The van der Waals surface area contributed by atoms with Gasteiger partial charge in [-0.1, -0.05) is 55.3 Å². The first-order valence-corrected chi connectivity index (χ1v) is 11.2. The van der Waals surface area contributed by atoms with E-state index in [1.165, 1.54) is 23.3 Å². The molecule has 0 saturated heterocycles. The smallest absolute Gasteiger partial charge is 0.261 e. The second kappa shape index (κ2) is 7.39. The highest BCUT2D eigenvalue weighted by Crippen LogP contribution is 2.43. The number of benzene rings is 1. The van der Waals surface area contributed by atoms with E-state index in [-0.39, 0.29) is 36.0 Å². The summed E-state index contributed by atoms with van der Waals surface area (Å²) in [7, 11) is 1.46. The van der Waals surface area contributed by atoms with Gasteiger partial charge in [-0.3, -0.25) is 24.6 Å². The lowest BCUT2D eigenvalue weighted by atomic mass is 9.73. The van der Waals surface area contributed by atoms with E-state index in [4.69, 9.17) is 16.3 Å². The molecular formula is C22H24ClN3O4S. The average Bonchev–Trinajstić information content (AvgIpc) is 3.13. The van der Waals surface area contributed by atoms with Gasteiger partial charge in [0.25, 0.3) is 17.7 Å². The van der Waals surface area contributed by atoms with Gasteiger partial charge in [0.05, 0.1) is 16.0 Å². The molecule has 1 aliphatic heterocycles. The first-order chi connectivity index (χ1) is 14.5. The first-order valence-electron chi connectivity index (χ1n) is 9.99.